The molecule has 1 aliphatic heterocycles. The van der Waals surface area contributed by atoms with Crippen LogP contribution in [0.15, 0.2) is 51.5 Å². The second-order valence-electron chi connectivity index (χ2n) is 4.29. The summed E-state index contributed by atoms with van der Waals surface area (Å²) in [5, 5.41) is 0. The van der Waals surface area contributed by atoms with Crippen molar-refractivity contribution in [1.82, 2.24) is 0 Å². The monoisotopic (exact) mass is 379 g/mol. The van der Waals surface area contributed by atoms with E-state index in [4.69, 9.17) is 9.15 Å². The maximum atomic E-state index is 11.8. The maximum Gasteiger partial charge on any atom is 0.363 e. The van der Waals surface area contributed by atoms with Crippen LogP contribution < -0.4 is 0 Å². The summed E-state index contributed by atoms with van der Waals surface area (Å²) in [6, 6.07) is 11.2. The fraction of sp³-hybridized carbons (Fsp3) is 0.0667. The second kappa shape index (κ2) is 5.24. The Kier molecular flexibility index (Phi) is 3.43. The molecule has 2 aromatic rings. The van der Waals surface area contributed by atoms with E-state index in [0.29, 0.717) is 11.7 Å². The lowest BCUT2D eigenvalue weighted by Crippen LogP contribution is -2.06. The topological polar surface area (TPSA) is 51.8 Å². The van der Waals surface area contributed by atoms with Gasteiger partial charge in [-0.1, -0.05) is 18.2 Å². The van der Waals surface area contributed by atoms with Gasteiger partial charge >= 0.3 is 5.97 Å². The summed E-state index contributed by atoms with van der Waals surface area (Å²) in [6.45, 7) is 1.95. The highest BCUT2D eigenvalue weighted by Crippen LogP contribution is 2.21. The number of benzene rings is 1. The molecule has 0 spiro atoms. The highest BCUT2D eigenvalue weighted by Gasteiger charge is 2.25. The summed E-state index contributed by atoms with van der Waals surface area (Å²) in [5.74, 6) is 0.450. The highest BCUT2D eigenvalue weighted by atomic mass is 127. The van der Waals surface area contributed by atoms with Gasteiger partial charge in [-0.15, -0.1) is 0 Å². The summed E-state index contributed by atoms with van der Waals surface area (Å²) < 4.78 is 11.4. The van der Waals surface area contributed by atoms with Gasteiger partial charge in [0.1, 0.15) is 5.76 Å². The largest absolute Gasteiger partial charge is 0.451 e. The van der Waals surface area contributed by atoms with Crippen molar-refractivity contribution in [2.45, 2.75) is 6.92 Å². The number of esters is 1. The summed E-state index contributed by atoms with van der Waals surface area (Å²) in [7, 11) is 0. The average molecular weight is 379 g/mol. The highest BCUT2D eigenvalue weighted by molar-refractivity contribution is 14.1. The number of halogens is 1. The van der Waals surface area contributed by atoms with Crippen molar-refractivity contribution in [3.05, 3.63) is 62.7 Å². The number of hydrogen-bond donors (Lipinski definition) is 0. The van der Waals surface area contributed by atoms with E-state index in [1.807, 2.05) is 37.3 Å². The van der Waals surface area contributed by atoms with Gasteiger partial charge in [0, 0.05) is 11.6 Å². The van der Waals surface area contributed by atoms with Crippen LogP contribution in [0.4, 0.5) is 0 Å². The normalized spacial score (nSPS) is 16.4. The minimum atomic E-state index is -0.463. The molecule has 0 fully saturated rings. The van der Waals surface area contributed by atoms with E-state index in [1.54, 1.807) is 12.1 Å². The van der Waals surface area contributed by atoms with Crippen molar-refractivity contribution in [3.8, 4) is 0 Å². The molecule has 4 nitrogen and oxygen atoms in total. The molecule has 2 heterocycles. The molecular formula is C15H10INO3. The number of aliphatic imine (C=N–C) groups is 1. The lowest BCUT2D eigenvalue weighted by Gasteiger charge is -2.02. The Balaban J connectivity index is 1.97. The van der Waals surface area contributed by atoms with Crippen LogP contribution in [-0.4, -0.2) is 11.9 Å². The van der Waals surface area contributed by atoms with Crippen LogP contribution >= 0.6 is 22.6 Å². The van der Waals surface area contributed by atoms with Crippen molar-refractivity contribution in [2.75, 3.05) is 0 Å². The number of carbonyl (C=O) groups excluding carboxylic acids is 1. The van der Waals surface area contributed by atoms with Crippen molar-refractivity contribution in [3.63, 3.8) is 0 Å². The minimum Gasteiger partial charge on any atom is -0.451 e. The van der Waals surface area contributed by atoms with Crippen LogP contribution in [0.3, 0.4) is 0 Å². The lowest BCUT2D eigenvalue weighted by atomic mass is 10.1. The van der Waals surface area contributed by atoms with Gasteiger partial charge in [0.25, 0.3) is 0 Å². The van der Waals surface area contributed by atoms with E-state index in [9.17, 15) is 4.79 Å². The molecular weight excluding hydrogens is 369 g/mol. The zero-order chi connectivity index (χ0) is 14.1. The first kappa shape index (κ1) is 13.1. The molecule has 0 amide bonds. The molecule has 0 bridgehead atoms. The molecule has 0 atom stereocenters. The van der Waals surface area contributed by atoms with Gasteiger partial charge in [0.05, 0.1) is 0 Å². The van der Waals surface area contributed by atoms with Gasteiger partial charge < -0.3 is 9.15 Å². The Morgan fingerprint density at radius 1 is 1.20 bits per heavy atom. The van der Waals surface area contributed by atoms with Crippen LogP contribution in [0, 0.1) is 10.7 Å². The zero-order valence-corrected chi connectivity index (χ0v) is 12.7. The van der Waals surface area contributed by atoms with Crippen LogP contribution in [0.2, 0.25) is 0 Å². The summed E-state index contributed by atoms with van der Waals surface area (Å²) in [5.41, 5.74) is 2.07. The number of furan rings is 1. The van der Waals surface area contributed by atoms with Gasteiger partial charge in [-0.05, 0) is 53.3 Å². The van der Waals surface area contributed by atoms with Gasteiger partial charge in [-0.2, -0.15) is 0 Å². The van der Waals surface area contributed by atoms with E-state index >= 15 is 0 Å². The van der Waals surface area contributed by atoms with E-state index in [-0.39, 0.29) is 5.70 Å². The van der Waals surface area contributed by atoms with E-state index in [0.717, 1.165) is 14.9 Å². The Bertz CT molecular complexity index is 743. The molecule has 1 aromatic carbocycles. The average Bonchev–Trinajstić information content (AvgIpc) is 2.98. The zero-order valence-electron chi connectivity index (χ0n) is 10.6. The Hall–Kier alpha value is -1.89. The second-order valence-corrected chi connectivity index (χ2v) is 5.36. The van der Waals surface area contributed by atoms with Crippen LogP contribution in [-0.2, 0) is 9.53 Å². The summed E-state index contributed by atoms with van der Waals surface area (Å²) in [6.07, 6.45) is 1.58. The smallest absolute Gasteiger partial charge is 0.363 e. The third-order valence-electron chi connectivity index (χ3n) is 2.87. The number of cyclic esters (lactones) is 1. The SMILES string of the molecule is Cc1ccccc1C1=N/C(=C/c2ccc(I)o2)C(=O)O1. The van der Waals surface area contributed by atoms with Crippen LogP contribution in [0.5, 0.6) is 0 Å². The van der Waals surface area contributed by atoms with Crippen molar-refractivity contribution in [2.24, 2.45) is 4.99 Å². The molecule has 0 unspecified atom stereocenters. The van der Waals surface area contributed by atoms with Crippen molar-refractivity contribution in [1.29, 1.82) is 0 Å². The van der Waals surface area contributed by atoms with E-state index in [2.05, 4.69) is 27.6 Å². The third-order valence-corrected chi connectivity index (χ3v) is 3.45. The molecule has 1 aromatic heterocycles. The molecule has 3 rings (SSSR count). The molecule has 0 saturated carbocycles. The first-order valence-electron chi connectivity index (χ1n) is 5.97. The Morgan fingerprint density at radius 3 is 2.70 bits per heavy atom. The molecule has 0 radical (unpaired) electrons. The fourth-order valence-electron chi connectivity index (χ4n) is 1.88. The molecule has 100 valence electrons. The lowest BCUT2D eigenvalue weighted by molar-refractivity contribution is -0.129. The molecule has 5 heteroatoms. The predicted octanol–water partition coefficient (Wildman–Crippen LogP) is 3.54. The molecule has 1 aliphatic rings. The van der Waals surface area contributed by atoms with Gasteiger partial charge in [0.2, 0.25) is 5.90 Å². The number of aryl methyl sites for hydroxylation is 1. The Labute approximate surface area is 129 Å². The number of hydrogen-bond acceptors (Lipinski definition) is 4. The number of ether oxygens (including phenoxy) is 1. The minimum absolute atomic E-state index is 0.244. The number of nitrogens with zero attached hydrogens (tertiary/aromatic N) is 1. The summed E-state index contributed by atoms with van der Waals surface area (Å²) >= 11 is 2.06. The first-order valence-corrected chi connectivity index (χ1v) is 7.05. The number of carbonyl (C=O) groups is 1. The molecule has 0 aliphatic carbocycles. The maximum absolute atomic E-state index is 11.8. The van der Waals surface area contributed by atoms with Crippen LogP contribution in [0.25, 0.3) is 6.08 Å². The quantitative estimate of drug-likeness (QED) is 0.456. The predicted molar refractivity (Wildman–Crippen MR) is 83.2 cm³/mol. The van der Waals surface area contributed by atoms with Crippen molar-refractivity contribution >= 4 is 40.5 Å². The molecule has 20 heavy (non-hydrogen) atoms. The van der Waals surface area contributed by atoms with Crippen molar-refractivity contribution < 1.29 is 13.9 Å². The van der Waals surface area contributed by atoms with Gasteiger partial charge in [-0.3, -0.25) is 0 Å². The standard InChI is InChI=1S/C15H10INO3/c1-9-4-2-3-5-11(9)14-17-12(15(18)20-14)8-10-6-7-13(16)19-10/h2-8H,1H3/b12-8+. The first-order chi connectivity index (χ1) is 9.63. The van der Waals surface area contributed by atoms with E-state index < -0.39 is 5.97 Å². The van der Waals surface area contributed by atoms with Gasteiger partial charge in [0.15, 0.2) is 9.46 Å². The van der Waals surface area contributed by atoms with Crippen LogP contribution in [0.1, 0.15) is 16.9 Å². The molecule has 0 N–H and O–H groups in total. The summed E-state index contributed by atoms with van der Waals surface area (Å²) in [4.78, 5) is 16.1. The Morgan fingerprint density at radius 2 is 2.00 bits per heavy atom. The van der Waals surface area contributed by atoms with Gasteiger partial charge in [-0.25, -0.2) is 9.79 Å². The van der Waals surface area contributed by atoms with E-state index in [1.165, 1.54) is 0 Å². The molecule has 0 saturated heterocycles. The third kappa shape index (κ3) is 2.53. The fourth-order valence-corrected chi connectivity index (χ4v) is 2.31. The number of rotatable bonds is 2.